The van der Waals surface area contributed by atoms with Crippen molar-refractivity contribution in [3.8, 4) is 5.75 Å². The first-order valence-electron chi connectivity index (χ1n) is 7.51. The van der Waals surface area contributed by atoms with Gasteiger partial charge in [0, 0.05) is 5.69 Å². The highest BCUT2D eigenvalue weighted by atomic mass is 19.4. The summed E-state index contributed by atoms with van der Waals surface area (Å²) >= 11 is 0. The summed E-state index contributed by atoms with van der Waals surface area (Å²) in [4.78, 5) is 12.3. The molecule has 0 aliphatic heterocycles. The zero-order chi connectivity index (χ0) is 17.7. The number of aryl methyl sites for hydroxylation is 1. The molecule has 0 aromatic heterocycles. The lowest BCUT2D eigenvalue weighted by molar-refractivity contribution is -0.137. The summed E-state index contributed by atoms with van der Waals surface area (Å²) in [6.45, 7) is 3.71. The van der Waals surface area contributed by atoms with Crippen molar-refractivity contribution < 1.29 is 22.7 Å². The molecule has 0 unspecified atom stereocenters. The minimum Gasteiger partial charge on any atom is -0.481 e. The van der Waals surface area contributed by atoms with Crippen LogP contribution in [0, 0.1) is 6.92 Å². The van der Waals surface area contributed by atoms with E-state index in [1.54, 1.807) is 13.0 Å². The summed E-state index contributed by atoms with van der Waals surface area (Å²) in [7, 11) is 0. The van der Waals surface area contributed by atoms with Crippen LogP contribution in [0.3, 0.4) is 0 Å². The fourth-order valence-corrected chi connectivity index (χ4v) is 2.14. The summed E-state index contributed by atoms with van der Waals surface area (Å²) in [5.74, 6) is 0.170. The molecule has 2 aromatic carbocycles. The van der Waals surface area contributed by atoms with Crippen molar-refractivity contribution in [1.29, 1.82) is 0 Å². The Morgan fingerprint density at radius 3 is 2.38 bits per heavy atom. The van der Waals surface area contributed by atoms with E-state index in [-0.39, 0.29) is 0 Å². The number of anilines is 1. The number of carbonyl (C=O) groups is 1. The fourth-order valence-electron chi connectivity index (χ4n) is 2.14. The fraction of sp³-hybridized carbons (Fsp3) is 0.278. The van der Waals surface area contributed by atoms with Crippen LogP contribution in [0.4, 0.5) is 18.9 Å². The highest BCUT2D eigenvalue weighted by molar-refractivity contribution is 5.94. The molecule has 0 saturated carbocycles. The van der Waals surface area contributed by atoms with E-state index in [1.807, 2.05) is 25.1 Å². The van der Waals surface area contributed by atoms with Crippen LogP contribution < -0.4 is 10.1 Å². The zero-order valence-electron chi connectivity index (χ0n) is 13.4. The van der Waals surface area contributed by atoms with Crippen molar-refractivity contribution >= 4 is 11.6 Å². The van der Waals surface area contributed by atoms with Crippen LogP contribution >= 0.6 is 0 Å². The summed E-state index contributed by atoms with van der Waals surface area (Å²) in [6, 6.07) is 11.6. The van der Waals surface area contributed by atoms with Crippen LogP contribution in [-0.2, 0) is 11.0 Å². The van der Waals surface area contributed by atoms with Crippen molar-refractivity contribution in [3.63, 3.8) is 0 Å². The standard InChI is InChI=1S/C18H18F3NO2/c1-3-16(24-15-6-4-5-12(2)11-15)17(23)22-14-9-7-13(8-10-14)18(19,20)21/h4-11,16H,3H2,1-2H3,(H,22,23)/t16-/m0/s1. The van der Waals surface area contributed by atoms with Crippen molar-refractivity contribution in [2.24, 2.45) is 0 Å². The molecule has 0 fully saturated rings. The molecular formula is C18H18F3NO2. The van der Waals surface area contributed by atoms with E-state index in [9.17, 15) is 18.0 Å². The topological polar surface area (TPSA) is 38.3 Å². The summed E-state index contributed by atoms with van der Waals surface area (Å²) in [5, 5.41) is 2.58. The van der Waals surface area contributed by atoms with E-state index in [0.29, 0.717) is 17.9 Å². The molecular weight excluding hydrogens is 319 g/mol. The van der Waals surface area contributed by atoms with Gasteiger partial charge in [-0.05, 0) is 55.3 Å². The second-order valence-electron chi connectivity index (χ2n) is 5.40. The Labute approximate surface area is 138 Å². The molecule has 24 heavy (non-hydrogen) atoms. The van der Waals surface area contributed by atoms with Gasteiger partial charge in [-0.2, -0.15) is 13.2 Å². The molecule has 1 amide bonds. The van der Waals surface area contributed by atoms with Crippen LogP contribution in [0.15, 0.2) is 48.5 Å². The van der Waals surface area contributed by atoms with E-state index in [1.165, 1.54) is 12.1 Å². The number of carbonyl (C=O) groups excluding carboxylic acids is 1. The third-order valence-electron chi connectivity index (χ3n) is 3.41. The van der Waals surface area contributed by atoms with Crippen LogP contribution in [-0.4, -0.2) is 12.0 Å². The maximum atomic E-state index is 12.5. The normalized spacial score (nSPS) is 12.5. The van der Waals surface area contributed by atoms with Gasteiger partial charge in [0.1, 0.15) is 5.75 Å². The number of hydrogen-bond donors (Lipinski definition) is 1. The summed E-state index contributed by atoms with van der Waals surface area (Å²) in [5.41, 5.74) is 0.536. The number of amides is 1. The van der Waals surface area contributed by atoms with Gasteiger partial charge >= 0.3 is 6.18 Å². The Morgan fingerprint density at radius 1 is 1.17 bits per heavy atom. The molecule has 0 bridgehead atoms. The zero-order valence-corrected chi connectivity index (χ0v) is 13.4. The number of ether oxygens (including phenoxy) is 1. The Balaban J connectivity index is 2.04. The molecule has 0 heterocycles. The predicted molar refractivity (Wildman–Crippen MR) is 86.0 cm³/mol. The van der Waals surface area contributed by atoms with Gasteiger partial charge in [0.05, 0.1) is 5.56 Å². The molecule has 2 rings (SSSR count). The lowest BCUT2D eigenvalue weighted by atomic mass is 10.2. The molecule has 1 N–H and O–H groups in total. The average molecular weight is 337 g/mol. The first kappa shape index (κ1) is 17.8. The van der Waals surface area contributed by atoms with E-state index in [4.69, 9.17) is 4.74 Å². The van der Waals surface area contributed by atoms with Crippen LogP contribution in [0.2, 0.25) is 0 Å². The molecule has 1 atom stereocenters. The third-order valence-corrected chi connectivity index (χ3v) is 3.41. The first-order chi connectivity index (χ1) is 11.3. The SMILES string of the molecule is CC[C@H](Oc1cccc(C)c1)C(=O)Nc1ccc(C(F)(F)F)cc1. The summed E-state index contributed by atoms with van der Waals surface area (Å²) in [6.07, 6.45) is -4.70. The number of halogens is 3. The van der Waals surface area contributed by atoms with Gasteiger partial charge in [0.2, 0.25) is 0 Å². The minimum absolute atomic E-state index is 0.291. The molecule has 0 aliphatic carbocycles. The summed E-state index contributed by atoms with van der Waals surface area (Å²) < 4.78 is 43.3. The second-order valence-corrected chi connectivity index (χ2v) is 5.40. The molecule has 0 aliphatic rings. The highest BCUT2D eigenvalue weighted by Gasteiger charge is 2.30. The molecule has 0 saturated heterocycles. The lowest BCUT2D eigenvalue weighted by Gasteiger charge is -2.18. The smallest absolute Gasteiger partial charge is 0.416 e. The second kappa shape index (κ2) is 7.38. The van der Waals surface area contributed by atoms with Crippen molar-refractivity contribution in [2.75, 3.05) is 5.32 Å². The predicted octanol–water partition coefficient (Wildman–Crippen LogP) is 4.81. The van der Waals surface area contributed by atoms with E-state index in [0.717, 1.165) is 17.7 Å². The van der Waals surface area contributed by atoms with Crippen LogP contribution in [0.5, 0.6) is 5.75 Å². The first-order valence-corrected chi connectivity index (χ1v) is 7.51. The molecule has 0 spiro atoms. The van der Waals surface area contributed by atoms with Crippen LogP contribution in [0.25, 0.3) is 0 Å². The Bertz CT molecular complexity index is 696. The molecule has 6 heteroatoms. The van der Waals surface area contributed by atoms with Gasteiger partial charge in [0.25, 0.3) is 5.91 Å². The lowest BCUT2D eigenvalue weighted by Crippen LogP contribution is -2.32. The number of benzene rings is 2. The van der Waals surface area contributed by atoms with Gasteiger partial charge in [-0.1, -0.05) is 19.1 Å². The van der Waals surface area contributed by atoms with Gasteiger partial charge in [-0.25, -0.2) is 0 Å². The molecule has 2 aromatic rings. The van der Waals surface area contributed by atoms with E-state index in [2.05, 4.69) is 5.32 Å². The molecule has 128 valence electrons. The molecule has 3 nitrogen and oxygen atoms in total. The van der Waals surface area contributed by atoms with Crippen molar-refractivity contribution in [3.05, 3.63) is 59.7 Å². The maximum absolute atomic E-state index is 12.5. The number of hydrogen-bond acceptors (Lipinski definition) is 2. The minimum atomic E-state index is -4.40. The highest BCUT2D eigenvalue weighted by Crippen LogP contribution is 2.29. The molecule has 0 radical (unpaired) electrons. The quantitative estimate of drug-likeness (QED) is 0.850. The Hall–Kier alpha value is -2.50. The van der Waals surface area contributed by atoms with Crippen LogP contribution in [0.1, 0.15) is 24.5 Å². The van der Waals surface area contributed by atoms with Gasteiger partial charge in [0.15, 0.2) is 6.10 Å². The average Bonchev–Trinajstić information content (AvgIpc) is 2.52. The van der Waals surface area contributed by atoms with E-state index >= 15 is 0 Å². The van der Waals surface area contributed by atoms with Gasteiger partial charge in [-0.3, -0.25) is 4.79 Å². The largest absolute Gasteiger partial charge is 0.481 e. The van der Waals surface area contributed by atoms with Gasteiger partial charge in [-0.15, -0.1) is 0 Å². The third kappa shape index (κ3) is 4.75. The number of rotatable bonds is 5. The number of nitrogens with one attached hydrogen (secondary N) is 1. The van der Waals surface area contributed by atoms with Gasteiger partial charge < -0.3 is 10.1 Å². The van der Waals surface area contributed by atoms with Crippen molar-refractivity contribution in [1.82, 2.24) is 0 Å². The Kier molecular flexibility index (Phi) is 5.49. The van der Waals surface area contributed by atoms with Crippen molar-refractivity contribution in [2.45, 2.75) is 32.5 Å². The number of alkyl halides is 3. The maximum Gasteiger partial charge on any atom is 0.416 e. The van der Waals surface area contributed by atoms with E-state index < -0.39 is 23.8 Å². The Morgan fingerprint density at radius 2 is 1.83 bits per heavy atom. The monoisotopic (exact) mass is 337 g/mol.